The SMILES string of the molecule is CN[C@H]1CCCCN1C(=O)OC(C)(C)C. The molecule has 15 heavy (non-hydrogen) atoms. The number of amides is 1. The van der Waals surface area contributed by atoms with Gasteiger partial charge >= 0.3 is 6.09 Å². The first-order chi connectivity index (χ1) is 6.94. The second-order valence-electron chi connectivity index (χ2n) is 4.97. The van der Waals surface area contributed by atoms with Gasteiger partial charge in [-0.2, -0.15) is 0 Å². The summed E-state index contributed by atoms with van der Waals surface area (Å²) in [7, 11) is 1.88. The molecule has 0 aliphatic carbocycles. The summed E-state index contributed by atoms with van der Waals surface area (Å²) in [4.78, 5) is 13.6. The Hall–Kier alpha value is -0.770. The predicted octanol–water partition coefficient (Wildman–Crippen LogP) is 1.95. The first-order valence-corrected chi connectivity index (χ1v) is 5.61. The lowest BCUT2D eigenvalue weighted by atomic mass is 10.1. The molecular weight excluding hydrogens is 192 g/mol. The Morgan fingerprint density at radius 1 is 1.40 bits per heavy atom. The van der Waals surface area contributed by atoms with Crippen LogP contribution in [-0.2, 0) is 4.74 Å². The Morgan fingerprint density at radius 2 is 2.07 bits per heavy atom. The Morgan fingerprint density at radius 3 is 2.60 bits per heavy atom. The normalized spacial score (nSPS) is 22.7. The number of ether oxygens (including phenoxy) is 1. The van der Waals surface area contributed by atoms with E-state index in [0.717, 1.165) is 19.4 Å². The highest BCUT2D eigenvalue weighted by atomic mass is 16.6. The van der Waals surface area contributed by atoms with Crippen molar-refractivity contribution in [3.63, 3.8) is 0 Å². The van der Waals surface area contributed by atoms with Gasteiger partial charge in [0.25, 0.3) is 0 Å². The zero-order chi connectivity index (χ0) is 11.5. The van der Waals surface area contributed by atoms with Gasteiger partial charge in [0.1, 0.15) is 5.60 Å². The van der Waals surface area contributed by atoms with E-state index in [2.05, 4.69) is 5.32 Å². The Labute approximate surface area is 92.0 Å². The van der Waals surface area contributed by atoms with Gasteiger partial charge in [-0.15, -0.1) is 0 Å². The minimum Gasteiger partial charge on any atom is -0.444 e. The van der Waals surface area contributed by atoms with Gasteiger partial charge in [-0.05, 0) is 47.1 Å². The summed E-state index contributed by atoms with van der Waals surface area (Å²) < 4.78 is 5.36. The zero-order valence-corrected chi connectivity index (χ0v) is 10.2. The van der Waals surface area contributed by atoms with Crippen molar-refractivity contribution >= 4 is 6.09 Å². The van der Waals surface area contributed by atoms with E-state index < -0.39 is 5.60 Å². The Bertz CT molecular complexity index is 223. The number of rotatable bonds is 1. The average Bonchev–Trinajstić information content (AvgIpc) is 2.15. The van der Waals surface area contributed by atoms with Crippen LogP contribution in [0.25, 0.3) is 0 Å². The topological polar surface area (TPSA) is 41.6 Å². The van der Waals surface area contributed by atoms with Gasteiger partial charge < -0.3 is 10.1 Å². The van der Waals surface area contributed by atoms with Crippen LogP contribution < -0.4 is 5.32 Å². The van der Waals surface area contributed by atoms with Crippen LogP contribution in [0.3, 0.4) is 0 Å². The summed E-state index contributed by atoms with van der Waals surface area (Å²) in [5, 5.41) is 3.15. The lowest BCUT2D eigenvalue weighted by molar-refractivity contribution is 0.00648. The van der Waals surface area contributed by atoms with Crippen LogP contribution in [0, 0.1) is 0 Å². The number of nitrogens with one attached hydrogen (secondary N) is 1. The summed E-state index contributed by atoms with van der Waals surface area (Å²) in [6.07, 6.45) is 3.17. The molecule has 1 aliphatic heterocycles. The van der Waals surface area contributed by atoms with E-state index >= 15 is 0 Å². The predicted molar refractivity (Wildman–Crippen MR) is 59.6 cm³/mol. The van der Waals surface area contributed by atoms with Gasteiger partial charge in [0.2, 0.25) is 0 Å². The molecular formula is C11H22N2O2. The van der Waals surface area contributed by atoms with Crippen LogP contribution in [0.5, 0.6) is 0 Å². The number of likely N-dealkylation sites (tertiary alicyclic amines) is 1. The lowest BCUT2D eigenvalue weighted by Gasteiger charge is -2.36. The molecule has 0 spiro atoms. The van der Waals surface area contributed by atoms with Gasteiger partial charge in [0, 0.05) is 6.54 Å². The number of piperidine rings is 1. The van der Waals surface area contributed by atoms with E-state index in [-0.39, 0.29) is 12.3 Å². The van der Waals surface area contributed by atoms with Crippen molar-refractivity contribution in [2.24, 2.45) is 0 Å². The average molecular weight is 214 g/mol. The molecule has 1 atom stereocenters. The first kappa shape index (κ1) is 12.3. The number of carbonyl (C=O) groups is 1. The molecule has 1 amide bonds. The summed E-state index contributed by atoms with van der Waals surface area (Å²) in [6, 6.07) is 0. The van der Waals surface area contributed by atoms with Gasteiger partial charge in [-0.25, -0.2) is 4.79 Å². The minimum atomic E-state index is -0.410. The number of hydrogen-bond acceptors (Lipinski definition) is 3. The molecule has 1 saturated heterocycles. The molecule has 0 aromatic rings. The summed E-state index contributed by atoms with van der Waals surface area (Å²) in [5.41, 5.74) is -0.410. The maximum absolute atomic E-state index is 11.8. The van der Waals surface area contributed by atoms with Gasteiger partial charge in [-0.3, -0.25) is 4.90 Å². The van der Waals surface area contributed by atoms with Crippen molar-refractivity contribution in [2.45, 2.75) is 51.8 Å². The van der Waals surface area contributed by atoms with Crippen molar-refractivity contribution in [1.82, 2.24) is 10.2 Å². The van der Waals surface area contributed by atoms with Crippen molar-refractivity contribution in [1.29, 1.82) is 0 Å². The highest BCUT2D eigenvalue weighted by Crippen LogP contribution is 2.18. The van der Waals surface area contributed by atoms with Crippen LogP contribution in [0.2, 0.25) is 0 Å². The summed E-state index contributed by atoms with van der Waals surface area (Å²) in [6.45, 7) is 6.47. The highest BCUT2D eigenvalue weighted by Gasteiger charge is 2.29. The standard InChI is InChI=1S/C11H22N2O2/c1-11(2,3)15-10(14)13-8-6-5-7-9(13)12-4/h9,12H,5-8H2,1-4H3/t9-/m1/s1. The number of nitrogens with zero attached hydrogens (tertiary/aromatic N) is 1. The monoisotopic (exact) mass is 214 g/mol. The van der Waals surface area contributed by atoms with E-state index in [4.69, 9.17) is 4.74 Å². The molecule has 1 rings (SSSR count). The van der Waals surface area contributed by atoms with Crippen molar-refractivity contribution in [3.05, 3.63) is 0 Å². The van der Waals surface area contributed by atoms with E-state index in [1.165, 1.54) is 6.42 Å². The van der Waals surface area contributed by atoms with E-state index in [1.807, 2.05) is 27.8 Å². The molecule has 0 saturated carbocycles. The van der Waals surface area contributed by atoms with Crippen LogP contribution in [0.1, 0.15) is 40.0 Å². The third-order valence-electron chi connectivity index (χ3n) is 2.46. The van der Waals surface area contributed by atoms with Crippen LogP contribution >= 0.6 is 0 Å². The molecule has 0 aromatic carbocycles. The second-order valence-corrected chi connectivity index (χ2v) is 4.97. The molecule has 0 aromatic heterocycles. The second kappa shape index (κ2) is 4.84. The third kappa shape index (κ3) is 3.70. The van der Waals surface area contributed by atoms with E-state index in [1.54, 1.807) is 4.90 Å². The molecule has 88 valence electrons. The molecule has 4 nitrogen and oxygen atoms in total. The highest BCUT2D eigenvalue weighted by molar-refractivity contribution is 5.68. The quantitative estimate of drug-likeness (QED) is 0.725. The Balaban J connectivity index is 2.56. The molecule has 0 unspecified atom stereocenters. The molecule has 1 fully saturated rings. The number of hydrogen-bond donors (Lipinski definition) is 1. The summed E-state index contributed by atoms with van der Waals surface area (Å²) >= 11 is 0. The number of carbonyl (C=O) groups excluding carboxylic acids is 1. The zero-order valence-electron chi connectivity index (χ0n) is 10.2. The van der Waals surface area contributed by atoms with Crippen molar-refractivity contribution in [3.8, 4) is 0 Å². The van der Waals surface area contributed by atoms with Gasteiger partial charge in [0.05, 0.1) is 6.17 Å². The largest absolute Gasteiger partial charge is 0.444 e. The fraction of sp³-hybridized carbons (Fsp3) is 0.909. The molecule has 1 aliphatic rings. The van der Waals surface area contributed by atoms with Gasteiger partial charge in [-0.1, -0.05) is 0 Å². The Kier molecular flexibility index (Phi) is 3.97. The van der Waals surface area contributed by atoms with Crippen molar-refractivity contribution in [2.75, 3.05) is 13.6 Å². The lowest BCUT2D eigenvalue weighted by Crippen LogP contribution is -2.51. The molecule has 1 heterocycles. The first-order valence-electron chi connectivity index (χ1n) is 5.61. The fourth-order valence-corrected chi connectivity index (χ4v) is 1.77. The van der Waals surface area contributed by atoms with Crippen molar-refractivity contribution < 1.29 is 9.53 Å². The molecule has 0 bridgehead atoms. The molecule has 4 heteroatoms. The molecule has 0 radical (unpaired) electrons. The molecule has 1 N–H and O–H groups in total. The van der Waals surface area contributed by atoms with E-state index in [0.29, 0.717) is 0 Å². The van der Waals surface area contributed by atoms with Crippen LogP contribution in [0.15, 0.2) is 0 Å². The fourth-order valence-electron chi connectivity index (χ4n) is 1.77. The maximum atomic E-state index is 11.8. The van der Waals surface area contributed by atoms with Gasteiger partial charge in [0.15, 0.2) is 0 Å². The van der Waals surface area contributed by atoms with Crippen LogP contribution in [-0.4, -0.2) is 36.4 Å². The summed E-state index contributed by atoms with van der Waals surface area (Å²) in [5.74, 6) is 0. The smallest absolute Gasteiger partial charge is 0.411 e. The van der Waals surface area contributed by atoms with Crippen LogP contribution in [0.4, 0.5) is 4.79 Å². The third-order valence-corrected chi connectivity index (χ3v) is 2.46. The maximum Gasteiger partial charge on any atom is 0.411 e. The van der Waals surface area contributed by atoms with E-state index in [9.17, 15) is 4.79 Å². The minimum absolute atomic E-state index is 0.133.